The van der Waals surface area contributed by atoms with Crippen molar-refractivity contribution in [2.45, 2.75) is 11.8 Å². The minimum Gasteiger partial charge on any atom is -0.324 e. The van der Waals surface area contributed by atoms with E-state index in [0.29, 0.717) is 11.5 Å². The van der Waals surface area contributed by atoms with E-state index in [1.165, 1.54) is 0 Å². The number of carbonyl (C=O) groups excluding carboxylic acids is 1. The van der Waals surface area contributed by atoms with Crippen molar-refractivity contribution in [2.75, 3.05) is 16.9 Å². The van der Waals surface area contributed by atoms with Gasteiger partial charge in [0, 0.05) is 28.7 Å². The maximum absolute atomic E-state index is 12.5. The van der Waals surface area contributed by atoms with Gasteiger partial charge in [-0.3, -0.25) is 4.79 Å². The third-order valence-corrected chi connectivity index (χ3v) is 5.56. The van der Waals surface area contributed by atoms with Crippen molar-refractivity contribution >= 4 is 35.0 Å². The van der Waals surface area contributed by atoms with E-state index in [4.69, 9.17) is 4.98 Å². The molecule has 0 aliphatic heterocycles. The second kappa shape index (κ2) is 9.45. The molecule has 0 saturated heterocycles. The van der Waals surface area contributed by atoms with Crippen LogP contribution in [0.2, 0.25) is 0 Å². The Morgan fingerprint density at radius 1 is 0.903 bits per heavy atom. The molecule has 31 heavy (non-hydrogen) atoms. The first-order valence-electron chi connectivity index (χ1n) is 9.84. The van der Waals surface area contributed by atoms with Gasteiger partial charge in [0.2, 0.25) is 5.95 Å². The van der Waals surface area contributed by atoms with Crippen LogP contribution in [0.4, 0.5) is 17.3 Å². The minimum atomic E-state index is -0.146. The van der Waals surface area contributed by atoms with Gasteiger partial charge in [-0.15, -0.1) is 11.8 Å². The highest BCUT2D eigenvalue weighted by Gasteiger charge is 2.10. The zero-order chi connectivity index (χ0) is 21.6. The fourth-order valence-corrected chi connectivity index (χ4v) is 3.64. The number of nitrogens with zero attached hydrogens (tertiary/aromatic N) is 2. The SMILES string of the molecule is CSc1cnc(Nc2ccc(C(=O)Nc3ccccc3C)cc2)nc1-c1ccccc1. The molecule has 0 saturated carbocycles. The fourth-order valence-electron chi connectivity index (χ4n) is 3.12. The fraction of sp³-hybridized carbons (Fsp3) is 0.0800. The maximum Gasteiger partial charge on any atom is 0.255 e. The van der Waals surface area contributed by atoms with E-state index in [9.17, 15) is 4.79 Å². The van der Waals surface area contributed by atoms with Gasteiger partial charge in [-0.05, 0) is 49.1 Å². The second-order valence-corrected chi connectivity index (χ2v) is 7.80. The number of rotatable bonds is 6. The summed E-state index contributed by atoms with van der Waals surface area (Å²) in [7, 11) is 0. The van der Waals surface area contributed by atoms with E-state index >= 15 is 0 Å². The lowest BCUT2D eigenvalue weighted by atomic mass is 10.1. The van der Waals surface area contributed by atoms with Gasteiger partial charge in [0.15, 0.2) is 0 Å². The predicted octanol–water partition coefficient (Wildman–Crippen LogP) is 6.17. The summed E-state index contributed by atoms with van der Waals surface area (Å²) < 4.78 is 0. The number of anilines is 3. The van der Waals surface area contributed by atoms with Crippen LogP contribution in [0.5, 0.6) is 0 Å². The van der Waals surface area contributed by atoms with Crippen LogP contribution in [0.15, 0.2) is 90.0 Å². The van der Waals surface area contributed by atoms with Gasteiger partial charge in [0.1, 0.15) is 0 Å². The molecule has 3 aromatic carbocycles. The van der Waals surface area contributed by atoms with Crippen molar-refractivity contribution < 1.29 is 4.79 Å². The van der Waals surface area contributed by atoms with E-state index in [0.717, 1.165) is 33.1 Å². The number of amides is 1. The molecule has 1 heterocycles. The third-order valence-electron chi connectivity index (χ3n) is 4.82. The van der Waals surface area contributed by atoms with Crippen molar-refractivity contribution in [1.29, 1.82) is 0 Å². The standard InChI is InChI=1S/C25H22N4OS/c1-17-8-6-7-11-21(17)28-24(30)19-12-14-20(15-13-19)27-25-26-16-22(31-2)23(29-25)18-9-4-3-5-10-18/h3-16H,1-2H3,(H,28,30)(H,26,27,29). The number of nitrogens with one attached hydrogen (secondary N) is 2. The Morgan fingerprint density at radius 3 is 2.32 bits per heavy atom. The van der Waals surface area contributed by atoms with Crippen molar-refractivity contribution in [2.24, 2.45) is 0 Å². The number of benzene rings is 3. The quantitative estimate of drug-likeness (QED) is 0.361. The first-order valence-corrected chi connectivity index (χ1v) is 11.1. The lowest BCUT2D eigenvalue weighted by Crippen LogP contribution is -2.12. The van der Waals surface area contributed by atoms with Gasteiger partial charge in [0.05, 0.1) is 10.6 Å². The summed E-state index contributed by atoms with van der Waals surface area (Å²) >= 11 is 1.61. The molecule has 154 valence electrons. The Kier molecular flexibility index (Phi) is 6.29. The normalized spacial score (nSPS) is 10.5. The van der Waals surface area contributed by atoms with Gasteiger partial charge in [-0.1, -0.05) is 48.5 Å². The van der Waals surface area contributed by atoms with Crippen LogP contribution >= 0.6 is 11.8 Å². The molecular weight excluding hydrogens is 404 g/mol. The summed E-state index contributed by atoms with van der Waals surface area (Å²) in [6, 6.07) is 25.0. The zero-order valence-corrected chi connectivity index (χ0v) is 18.1. The van der Waals surface area contributed by atoms with Crippen LogP contribution in [0.3, 0.4) is 0 Å². The Balaban J connectivity index is 1.50. The van der Waals surface area contributed by atoms with E-state index in [1.807, 2.05) is 86.1 Å². The van der Waals surface area contributed by atoms with Crippen molar-refractivity contribution in [3.63, 3.8) is 0 Å². The lowest BCUT2D eigenvalue weighted by Gasteiger charge is -2.11. The lowest BCUT2D eigenvalue weighted by molar-refractivity contribution is 0.102. The summed E-state index contributed by atoms with van der Waals surface area (Å²) in [6.45, 7) is 1.97. The average Bonchev–Trinajstić information content (AvgIpc) is 2.81. The molecule has 4 rings (SSSR count). The van der Waals surface area contributed by atoms with E-state index < -0.39 is 0 Å². The van der Waals surface area contributed by atoms with Gasteiger partial charge in [-0.2, -0.15) is 0 Å². The molecule has 1 aromatic heterocycles. The summed E-state index contributed by atoms with van der Waals surface area (Å²) in [5.41, 5.74) is 5.15. The third kappa shape index (κ3) is 4.92. The Labute approximate surface area is 186 Å². The average molecular weight is 427 g/mol. The molecule has 0 spiro atoms. The van der Waals surface area contributed by atoms with Crippen molar-refractivity contribution in [3.05, 3.63) is 96.2 Å². The largest absolute Gasteiger partial charge is 0.324 e. The minimum absolute atomic E-state index is 0.146. The molecule has 0 aliphatic rings. The molecule has 0 atom stereocenters. The molecule has 4 aromatic rings. The highest BCUT2D eigenvalue weighted by atomic mass is 32.2. The Morgan fingerprint density at radius 2 is 1.61 bits per heavy atom. The summed E-state index contributed by atoms with van der Waals surface area (Å²) in [6.07, 6.45) is 3.84. The number of hydrogen-bond donors (Lipinski definition) is 2. The molecule has 0 bridgehead atoms. The highest BCUT2D eigenvalue weighted by Crippen LogP contribution is 2.29. The maximum atomic E-state index is 12.5. The number of para-hydroxylation sites is 1. The molecule has 2 N–H and O–H groups in total. The number of thioether (sulfide) groups is 1. The van der Waals surface area contributed by atoms with Crippen LogP contribution in [0.1, 0.15) is 15.9 Å². The smallest absolute Gasteiger partial charge is 0.255 e. The van der Waals surface area contributed by atoms with Gasteiger partial charge in [-0.25, -0.2) is 9.97 Å². The number of aromatic nitrogens is 2. The van der Waals surface area contributed by atoms with Gasteiger partial charge in [0.25, 0.3) is 5.91 Å². The van der Waals surface area contributed by atoms with Crippen LogP contribution < -0.4 is 10.6 Å². The molecule has 0 aliphatic carbocycles. The first kappa shape index (κ1) is 20.6. The monoisotopic (exact) mass is 426 g/mol. The number of carbonyl (C=O) groups is 1. The molecule has 5 nitrogen and oxygen atoms in total. The number of aryl methyl sites for hydroxylation is 1. The second-order valence-electron chi connectivity index (χ2n) is 6.95. The van der Waals surface area contributed by atoms with E-state index in [1.54, 1.807) is 23.9 Å². The Hall–Kier alpha value is -3.64. The van der Waals surface area contributed by atoms with Crippen LogP contribution in [0, 0.1) is 6.92 Å². The topological polar surface area (TPSA) is 66.9 Å². The van der Waals surface area contributed by atoms with Gasteiger partial charge >= 0.3 is 0 Å². The molecule has 6 heteroatoms. The van der Waals surface area contributed by atoms with E-state index in [2.05, 4.69) is 15.6 Å². The summed E-state index contributed by atoms with van der Waals surface area (Å²) in [4.78, 5) is 22.7. The molecule has 0 radical (unpaired) electrons. The highest BCUT2D eigenvalue weighted by molar-refractivity contribution is 7.98. The molecular formula is C25H22N4OS. The predicted molar refractivity (Wildman–Crippen MR) is 128 cm³/mol. The summed E-state index contributed by atoms with van der Waals surface area (Å²) in [5.74, 6) is 0.363. The van der Waals surface area contributed by atoms with Crippen LogP contribution in [0.25, 0.3) is 11.3 Å². The van der Waals surface area contributed by atoms with Crippen LogP contribution in [-0.2, 0) is 0 Å². The van der Waals surface area contributed by atoms with Gasteiger partial charge < -0.3 is 10.6 Å². The van der Waals surface area contributed by atoms with Crippen molar-refractivity contribution in [3.8, 4) is 11.3 Å². The molecule has 0 unspecified atom stereocenters. The number of hydrogen-bond acceptors (Lipinski definition) is 5. The van der Waals surface area contributed by atoms with Crippen molar-refractivity contribution in [1.82, 2.24) is 9.97 Å². The Bertz CT molecular complexity index is 1190. The molecule has 0 fully saturated rings. The summed E-state index contributed by atoms with van der Waals surface area (Å²) in [5, 5.41) is 6.17. The van der Waals surface area contributed by atoms with E-state index in [-0.39, 0.29) is 5.91 Å². The zero-order valence-electron chi connectivity index (χ0n) is 17.3. The first-order chi connectivity index (χ1) is 15.1. The molecule has 1 amide bonds. The van der Waals surface area contributed by atoms with Crippen LogP contribution in [-0.4, -0.2) is 22.1 Å².